The highest BCUT2D eigenvalue weighted by Gasteiger charge is 2.39. The average molecular weight is 235 g/mol. The van der Waals surface area contributed by atoms with Crippen molar-refractivity contribution < 1.29 is 0 Å². The molecule has 1 N–H and O–H groups in total. The molecule has 1 aliphatic carbocycles. The van der Waals surface area contributed by atoms with Crippen molar-refractivity contribution in [3.63, 3.8) is 0 Å². The number of hydrogen-bond acceptors (Lipinski definition) is 2. The topological polar surface area (TPSA) is 29.9 Å². The van der Waals surface area contributed by atoms with Crippen LogP contribution in [0, 0.1) is 5.92 Å². The van der Waals surface area contributed by atoms with Crippen molar-refractivity contribution in [1.29, 1.82) is 0 Å². The van der Waals surface area contributed by atoms with E-state index in [0.29, 0.717) is 0 Å². The Kier molecular flexibility index (Phi) is 3.06. The third-order valence-corrected chi connectivity index (χ3v) is 3.71. The van der Waals surface area contributed by atoms with E-state index in [1.807, 2.05) is 12.5 Å². The van der Waals surface area contributed by atoms with E-state index in [4.69, 9.17) is 0 Å². The molecule has 1 saturated carbocycles. The van der Waals surface area contributed by atoms with Gasteiger partial charge >= 0.3 is 0 Å². The lowest BCUT2D eigenvalue weighted by molar-refractivity contribution is 0.289. The molecule has 1 fully saturated rings. The maximum atomic E-state index is 4.32. The van der Waals surface area contributed by atoms with Gasteiger partial charge < -0.3 is 9.88 Å². The molecule has 1 aliphatic rings. The first-order valence-corrected chi connectivity index (χ1v) is 6.57. The van der Waals surface area contributed by atoms with Crippen LogP contribution < -0.4 is 5.32 Å². The summed E-state index contributed by atoms with van der Waals surface area (Å²) in [5.41, 5.74) is 1.65. The second-order valence-corrected chi connectivity index (χ2v) is 6.79. The van der Waals surface area contributed by atoms with Crippen LogP contribution in [0.15, 0.2) is 12.5 Å². The maximum Gasteiger partial charge on any atom is 0.0953 e. The van der Waals surface area contributed by atoms with Gasteiger partial charge in [-0.1, -0.05) is 0 Å². The molecular weight excluding hydrogens is 210 g/mol. The minimum atomic E-state index is 0.152. The van der Waals surface area contributed by atoms with Crippen molar-refractivity contribution in [2.75, 3.05) is 0 Å². The Morgan fingerprint density at radius 3 is 2.47 bits per heavy atom. The summed E-state index contributed by atoms with van der Waals surface area (Å²) < 4.78 is 2.35. The lowest BCUT2D eigenvalue weighted by Gasteiger charge is -2.30. The van der Waals surface area contributed by atoms with Crippen molar-refractivity contribution in [2.45, 2.75) is 65.1 Å². The molecule has 1 aromatic heterocycles. The molecule has 0 saturated heterocycles. The summed E-state index contributed by atoms with van der Waals surface area (Å²) in [4.78, 5) is 4.32. The Hall–Kier alpha value is -0.830. The number of hydrogen-bond donors (Lipinski definition) is 1. The van der Waals surface area contributed by atoms with Crippen LogP contribution in [0.25, 0.3) is 0 Å². The zero-order valence-electron chi connectivity index (χ0n) is 11.7. The molecule has 0 atom stereocenters. The molecule has 1 heterocycles. The van der Waals surface area contributed by atoms with Crippen LogP contribution in [0.4, 0.5) is 0 Å². The highest BCUT2D eigenvalue weighted by molar-refractivity contribution is 5.06. The Bertz CT molecular complexity index is 380. The number of imidazole rings is 1. The summed E-state index contributed by atoms with van der Waals surface area (Å²) in [6, 6.07) is 0. The van der Waals surface area contributed by atoms with E-state index < -0.39 is 0 Å². The summed E-state index contributed by atoms with van der Waals surface area (Å²) in [6.07, 6.45) is 6.69. The molecule has 0 spiro atoms. The van der Waals surface area contributed by atoms with E-state index in [1.165, 1.54) is 18.5 Å². The summed E-state index contributed by atoms with van der Waals surface area (Å²) in [6.45, 7) is 12.1. The van der Waals surface area contributed by atoms with Gasteiger partial charge in [-0.15, -0.1) is 0 Å². The van der Waals surface area contributed by atoms with Crippen LogP contribution in [0.3, 0.4) is 0 Å². The Balaban J connectivity index is 2.11. The predicted octanol–water partition coefficient (Wildman–Crippen LogP) is 2.92. The summed E-state index contributed by atoms with van der Waals surface area (Å²) in [5, 5.41) is 3.54. The fraction of sp³-hybridized carbons (Fsp3) is 0.786. The molecule has 96 valence electrons. The van der Waals surface area contributed by atoms with Gasteiger partial charge in [0.15, 0.2) is 0 Å². The summed E-state index contributed by atoms with van der Waals surface area (Å²) >= 11 is 0. The Morgan fingerprint density at radius 2 is 1.94 bits per heavy atom. The number of nitrogens with one attached hydrogen (secondary N) is 1. The zero-order chi connectivity index (χ0) is 12.7. The van der Waals surface area contributed by atoms with E-state index in [2.05, 4.69) is 49.5 Å². The van der Waals surface area contributed by atoms with Crippen molar-refractivity contribution >= 4 is 0 Å². The van der Waals surface area contributed by atoms with Crippen LogP contribution in [0.2, 0.25) is 0 Å². The van der Waals surface area contributed by atoms with Gasteiger partial charge in [0.05, 0.1) is 12.0 Å². The standard InChI is InChI=1S/C14H25N3/c1-13(2,3)16-9-12-8-15-10-17(12)14(4,5)11-6-7-11/h8,10-11,16H,6-7,9H2,1-5H3. The third kappa shape index (κ3) is 2.89. The quantitative estimate of drug-likeness (QED) is 0.869. The molecule has 0 bridgehead atoms. The Morgan fingerprint density at radius 1 is 1.29 bits per heavy atom. The van der Waals surface area contributed by atoms with Crippen LogP contribution in [-0.2, 0) is 12.1 Å². The number of nitrogens with zero attached hydrogens (tertiary/aromatic N) is 2. The van der Waals surface area contributed by atoms with Crippen LogP contribution >= 0.6 is 0 Å². The van der Waals surface area contributed by atoms with E-state index >= 15 is 0 Å². The molecule has 3 heteroatoms. The number of aromatic nitrogens is 2. The molecule has 0 aliphatic heterocycles. The highest BCUT2D eigenvalue weighted by Crippen LogP contribution is 2.44. The van der Waals surface area contributed by atoms with Gasteiger partial charge in [0.25, 0.3) is 0 Å². The van der Waals surface area contributed by atoms with Crippen molar-refractivity contribution in [1.82, 2.24) is 14.9 Å². The third-order valence-electron chi connectivity index (χ3n) is 3.71. The van der Waals surface area contributed by atoms with Gasteiger partial charge in [0, 0.05) is 23.8 Å². The minimum absolute atomic E-state index is 0.152. The van der Waals surface area contributed by atoms with Gasteiger partial charge in [-0.2, -0.15) is 0 Å². The molecule has 0 radical (unpaired) electrons. The Labute approximate surface area is 105 Å². The van der Waals surface area contributed by atoms with Gasteiger partial charge in [-0.25, -0.2) is 4.98 Å². The first kappa shape index (κ1) is 12.6. The van der Waals surface area contributed by atoms with Crippen molar-refractivity contribution in [3.05, 3.63) is 18.2 Å². The second-order valence-electron chi connectivity index (χ2n) is 6.79. The molecular formula is C14H25N3. The lowest BCUT2D eigenvalue weighted by atomic mass is 9.98. The average Bonchev–Trinajstić information content (AvgIpc) is 2.93. The molecule has 17 heavy (non-hydrogen) atoms. The van der Waals surface area contributed by atoms with Crippen LogP contribution in [0.1, 0.15) is 53.2 Å². The van der Waals surface area contributed by atoms with Gasteiger partial charge in [0.2, 0.25) is 0 Å². The zero-order valence-corrected chi connectivity index (χ0v) is 11.7. The van der Waals surface area contributed by atoms with E-state index in [1.54, 1.807) is 0 Å². The van der Waals surface area contributed by atoms with E-state index in [0.717, 1.165) is 12.5 Å². The monoisotopic (exact) mass is 235 g/mol. The summed E-state index contributed by atoms with van der Waals surface area (Å²) in [5.74, 6) is 0.824. The number of rotatable bonds is 4. The maximum absolute atomic E-state index is 4.32. The van der Waals surface area contributed by atoms with E-state index in [9.17, 15) is 0 Å². The minimum Gasteiger partial charge on any atom is -0.327 e. The van der Waals surface area contributed by atoms with Crippen molar-refractivity contribution in [3.8, 4) is 0 Å². The largest absolute Gasteiger partial charge is 0.327 e. The van der Waals surface area contributed by atoms with Crippen LogP contribution in [-0.4, -0.2) is 15.1 Å². The van der Waals surface area contributed by atoms with Crippen molar-refractivity contribution in [2.24, 2.45) is 5.92 Å². The normalized spacial score (nSPS) is 17.5. The smallest absolute Gasteiger partial charge is 0.0953 e. The van der Waals surface area contributed by atoms with Gasteiger partial charge in [0.1, 0.15) is 0 Å². The van der Waals surface area contributed by atoms with Gasteiger partial charge in [-0.05, 0) is 53.4 Å². The lowest BCUT2D eigenvalue weighted by Crippen LogP contribution is -2.37. The molecule has 3 nitrogen and oxygen atoms in total. The molecule has 1 aromatic rings. The fourth-order valence-electron chi connectivity index (χ4n) is 2.31. The highest BCUT2D eigenvalue weighted by atomic mass is 15.1. The second kappa shape index (κ2) is 4.13. The first-order valence-electron chi connectivity index (χ1n) is 6.57. The molecule has 0 aromatic carbocycles. The predicted molar refractivity (Wildman–Crippen MR) is 70.9 cm³/mol. The molecule has 0 amide bonds. The summed E-state index contributed by atoms with van der Waals surface area (Å²) in [7, 11) is 0. The fourth-order valence-corrected chi connectivity index (χ4v) is 2.31. The van der Waals surface area contributed by atoms with E-state index in [-0.39, 0.29) is 11.1 Å². The molecule has 2 rings (SSSR count). The first-order chi connectivity index (χ1) is 7.81. The molecule has 0 unspecified atom stereocenters. The SMILES string of the molecule is CC(C)(C)NCc1cncn1C(C)(C)C1CC1. The van der Waals surface area contributed by atoms with Gasteiger partial charge in [-0.3, -0.25) is 0 Å². The van der Waals surface area contributed by atoms with Crippen LogP contribution in [0.5, 0.6) is 0 Å².